The highest BCUT2D eigenvalue weighted by Crippen LogP contribution is 2.20. The molecule has 0 unspecified atom stereocenters. The lowest BCUT2D eigenvalue weighted by Gasteiger charge is -2.11. The zero-order valence-electron chi connectivity index (χ0n) is 10.4. The number of rotatable bonds is 6. The zero-order chi connectivity index (χ0) is 13.7. The number of hydrogen-bond donors (Lipinski definition) is 3. The Hall–Kier alpha value is -1.93. The summed E-state index contributed by atoms with van der Waals surface area (Å²) in [5.74, 6) is 0.751. The van der Waals surface area contributed by atoms with Crippen LogP contribution >= 0.6 is 0 Å². The number of sulfonamides is 1. The molecule has 0 saturated heterocycles. The van der Waals surface area contributed by atoms with Gasteiger partial charge in [0.25, 0.3) is 0 Å². The summed E-state index contributed by atoms with van der Waals surface area (Å²) in [4.78, 5) is 4.23. The molecule has 1 heterocycles. The van der Waals surface area contributed by atoms with E-state index in [0.717, 1.165) is 5.82 Å². The SMILES string of the molecule is CNS(=O)(=O)c1ccccc1NCCc1ncn[nH]1. The van der Waals surface area contributed by atoms with E-state index in [1.807, 2.05) is 0 Å². The predicted octanol–water partition coefficient (Wildman–Crippen LogP) is 0.367. The molecule has 0 saturated carbocycles. The van der Waals surface area contributed by atoms with Crippen molar-refractivity contribution in [3.8, 4) is 0 Å². The Morgan fingerprint density at radius 2 is 2.11 bits per heavy atom. The van der Waals surface area contributed by atoms with Crippen molar-refractivity contribution in [1.82, 2.24) is 19.9 Å². The van der Waals surface area contributed by atoms with Gasteiger partial charge in [0.15, 0.2) is 0 Å². The third-order valence-corrected chi connectivity index (χ3v) is 4.06. The molecule has 19 heavy (non-hydrogen) atoms. The molecule has 2 aromatic rings. The summed E-state index contributed by atoms with van der Waals surface area (Å²) in [6.45, 7) is 0.561. The van der Waals surface area contributed by atoms with Crippen LogP contribution in [0.2, 0.25) is 0 Å². The molecule has 0 aliphatic rings. The van der Waals surface area contributed by atoms with Crippen LogP contribution in [-0.2, 0) is 16.4 Å². The van der Waals surface area contributed by atoms with Crippen LogP contribution < -0.4 is 10.0 Å². The second-order valence-corrected chi connectivity index (χ2v) is 5.67. The van der Waals surface area contributed by atoms with Crippen LogP contribution in [0.4, 0.5) is 5.69 Å². The Balaban J connectivity index is 2.08. The van der Waals surface area contributed by atoms with Gasteiger partial charge in [0.05, 0.1) is 5.69 Å². The second-order valence-electron chi connectivity index (χ2n) is 3.81. The van der Waals surface area contributed by atoms with E-state index in [1.165, 1.54) is 13.4 Å². The number of aromatic nitrogens is 3. The standard InChI is InChI=1S/C11H15N5O2S/c1-12-19(17,18)10-5-3-2-4-9(10)13-7-6-11-14-8-15-16-11/h2-5,8,12-13H,6-7H2,1H3,(H,14,15,16). The number of hydrogen-bond acceptors (Lipinski definition) is 5. The maximum atomic E-state index is 11.8. The van der Waals surface area contributed by atoms with Crippen LogP contribution in [0.3, 0.4) is 0 Å². The van der Waals surface area contributed by atoms with E-state index in [0.29, 0.717) is 18.7 Å². The van der Waals surface area contributed by atoms with Crippen LogP contribution in [0.5, 0.6) is 0 Å². The monoisotopic (exact) mass is 281 g/mol. The highest BCUT2D eigenvalue weighted by molar-refractivity contribution is 7.89. The Labute approximate surface area is 111 Å². The van der Waals surface area contributed by atoms with Crippen LogP contribution in [0.1, 0.15) is 5.82 Å². The Morgan fingerprint density at radius 3 is 2.79 bits per heavy atom. The summed E-state index contributed by atoms with van der Waals surface area (Å²) in [6.07, 6.45) is 2.07. The summed E-state index contributed by atoms with van der Waals surface area (Å²) in [7, 11) is -2.07. The fraction of sp³-hybridized carbons (Fsp3) is 0.273. The summed E-state index contributed by atoms with van der Waals surface area (Å²) in [6, 6.07) is 6.75. The average molecular weight is 281 g/mol. The molecule has 0 aliphatic heterocycles. The van der Waals surface area contributed by atoms with Crippen LogP contribution in [0.25, 0.3) is 0 Å². The molecule has 1 aromatic carbocycles. The van der Waals surface area contributed by atoms with Crippen LogP contribution in [-0.4, -0.2) is 37.2 Å². The van der Waals surface area contributed by atoms with Crippen molar-refractivity contribution in [3.63, 3.8) is 0 Å². The van der Waals surface area contributed by atoms with Crippen molar-refractivity contribution in [2.75, 3.05) is 18.9 Å². The van der Waals surface area contributed by atoms with Gasteiger partial charge in [-0.1, -0.05) is 12.1 Å². The molecule has 3 N–H and O–H groups in total. The maximum absolute atomic E-state index is 11.8. The van der Waals surface area contributed by atoms with Crippen molar-refractivity contribution in [1.29, 1.82) is 0 Å². The van der Waals surface area contributed by atoms with E-state index in [2.05, 4.69) is 25.2 Å². The first-order valence-electron chi connectivity index (χ1n) is 5.74. The van der Waals surface area contributed by atoms with Crippen molar-refractivity contribution < 1.29 is 8.42 Å². The van der Waals surface area contributed by atoms with Crippen molar-refractivity contribution in [2.45, 2.75) is 11.3 Å². The minimum Gasteiger partial charge on any atom is -0.383 e. The molecule has 8 heteroatoms. The number of aromatic amines is 1. The predicted molar refractivity (Wildman–Crippen MR) is 71.3 cm³/mol. The number of nitrogens with one attached hydrogen (secondary N) is 3. The molecule has 0 amide bonds. The molecule has 0 radical (unpaired) electrons. The second kappa shape index (κ2) is 5.81. The van der Waals surface area contributed by atoms with E-state index in [1.54, 1.807) is 24.3 Å². The van der Waals surface area contributed by atoms with Crippen LogP contribution in [0.15, 0.2) is 35.5 Å². The summed E-state index contributed by atoms with van der Waals surface area (Å²) < 4.78 is 26.0. The smallest absolute Gasteiger partial charge is 0.242 e. The van der Waals surface area contributed by atoms with Crippen molar-refractivity contribution >= 4 is 15.7 Å². The largest absolute Gasteiger partial charge is 0.383 e. The summed E-state index contributed by atoms with van der Waals surface area (Å²) in [5.41, 5.74) is 0.566. The lowest BCUT2D eigenvalue weighted by Crippen LogP contribution is -2.20. The van der Waals surface area contributed by atoms with Crippen LogP contribution in [0, 0.1) is 0 Å². The number of para-hydroxylation sites is 1. The molecule has 2 rings (SSSR count). The molecular formula is C11H15N5O2S. The van der Waals surface area contributed by atoms with Gasteiger partial charge in [-0.3, -0.25) is 5.10 Å². The summed E-state index contributed by atoms with van der Waals surface area (Å²) in [5, 5.41) is 9.58. The molecule has 7 nitrogen and oxygen atoms in total. The number of anilines is 1. The van der Waals surface area contributed by atoms with E-state index >= 15 is 0 Å². The van der Waals surface area contributed by atoms with Gasteiger partial charge in [-0.05, 0) is 19.2 Å². The van der Waals surface area contributed by atoms with Gasteiger partial charge in [-0.25, -0.2) is 18.1 Å². The third kappa shape index (κ3) is 3.30. The Morgan fingerprint density at radius 1 is 1.32 bits per heavy atom. The van der Waals surface area contributed by atoms with E-state index in [9.17, 15) is 8.42 Å². The first kappa shape index (κ1) is 13.5. The molecule has 1 aromatic heterocycles. The fourth-order valence-corrected chi connectivity index (χ4v) is 2.53. The highest BCUT2D eigenvalue weighted by Gasteiger charge is 2.15. The van der Waals surface area contributed by atoms with Gasteiger partial charge >= 0.3 is 0 Å². The zero-order valence-corrected chi connectivity index (χ0v) is 11.2. The normalized spacial score (nSPS) is 11.4. The van der Waals surface area contributed by atoms with Gasteiger partial charge in [0.2, 0.25) is 10.0 Å². The highest BCUT2D eigenvalue weighted by atomic mass is 32.2. The third-order valence-electron chi connectivity index (χ3n) is 2.59. The van der Waals surface area contributed by atoms with Gasteiger partial charge in [-0.15, -0.1) is 0 Å². The number of nitrogens with zero attached hydrogens (tertiary/aromatic N) is 2. The molecule has 0 atom stereocenters. The molecule has 0 bridgehead atoms. The number of benzene rings is 1. The fourth-order valence-electron chi connectivity index (χ4n) is 1.62. The average Bonchev–Trinajstić information content (AvgIpc) is 2.92. The first-order chi connectivity index (χ1) is 9.13. The maximum Gasteiger partial charge on any atom is 0.242 e. The minimum atomic E-state index is -3.46. The Bertz CT molecular complexity index is 624. The van der Waals surface area contributed by atoms with Gasteiger partial charge < -0.3 is 5.32 Å². The molecule has 0 aliphatic carbocycles. The minimum absolute atomic E-state index is 0.232. The van der Waals surface area contributed by atoms with E-state index in [-0.39, 0.29) is 4.90 Å². The van der Waals surface area contributed by atoms with Crippen molar-refractivity contribution in [3.05, 3.63) is 36.4 Å². The lowest BCUT2D eigenvalue weighted by atomic mass is 10.3. The molecule has 0 spiro atoms. The molecule has 102 valence electrons. The molecule has 0 fully saturated rings. The molecular weight excluding hydrogens is 266 g/mol. The van der Waals surface area contributed by atoms with Gasteiger partial charge in [0, 0.05) is 13.0 Å². The van der Waals surface area contributed by atoms with E-state index < -0.39 is 10.0 Å². The quantitative estimate of drug-likeness (QED) is 0.710. The number of H-pyrrole nitrogens is 1. The topological polar surface area (TPSA) is 99.8 Å². The summed E-state index contributed by atoms with van der Waals surface area (Å²) >= 11 is 0. The van der Waals surface area contributed by atoms with E-state index in [4.69, 9.17) is 0 Å². The first-order valence-corrected chi connectivity index (χ1v) is 7.22. The van der Waals surface area contributed by atoms with Gasteiger partial charge in [-0.2, -0.15) is 5.10 Å². The Kier molecular flexibility index (Phi) is 4.13. The van der Waals surface area contributed by atoms with Crippen molar-refractivity contribution in [2.24, 2.45) is 0 Å². The lowest BCUT2D eigenvalue weighted by molar-refractivity contribution is 0.588. The van der Waals surface area contributed by atoms with Gasteiger partial charge in [0.1, 0.15) is 17.0 Å².